The lowest BCUT2D eigenvalue weighted by Gasteiger charge is -2.26. The Morgan fingerprint density at radius 1 is 1.38 bits per heavy atom. The molecule has 0 amide bonds. The number of benzene rings is 1. The standard InChI is InChI=1S/C16H16Cl2O2S/c1-2-13(19)15-10(6-9-7-14(20)16(15)21-9)8-3-4-11(17)12(18)5-8/h3-5,9,14,16,20H,2,6-7H2,1H3. The summed E-state index contributed by atoms with van der Waals surface area (Å²) >= 11 is 13.8. The number of rotatable bonds is 3. The molecule has 1 aromatic carbocycles. The summed E-state index contributed by atoms with van der Waals surface area (Å²) in [5.74, 6) is 0.118. The van der Waals surface area contributed by atoms with Crippen LogP contribution in [0.25, 0.3) is 5.57 Å². The van der Waals surface area contributed by atoms with Crippen molar-refractivity contribution in [3.8, 4) is 0 Å². The summed E-state index contributed by atoms with van der Waals surface area (Å²) in [7, 11) is 0. The zero-order valence-corrected chi connectivity index (χ0v) is 13.9. The van der Waals surface area contributed by atoms with Crippen molar-refractivity contribution in [1.82, 2.24) is 0 Å². The number of fused-ring (bicyclic) bond motifs is 2. The predicted octanol–water partition coefficient (Wildman–Crippen LogP) is 4.36. The molecule has 1 saturated heterocycles. The fourth-order valence-electron chi connectivity index (χ4n) is 3.12. The molecule has 2 aliphatic rings. The van der Waals surface area contributed by atoms with Gasteiger partial charge in [-0.3, -0.25) is 4.79 Å². The molecule has 0 saturated carbocycles. The Morgan fingerprint density at radius 2 is 2.14 bits per heavy atom. The molecule has 2 bridgehead atoms. The lowest BCUT2D eigenvalue weighted by Crippen LogP contribution is -2.25. The lowest BCUT2D eigenvalue weighted by molar-refractivity contribution is -0.115. The van der Waals surface area contributed by atoms with Crippen molar-refractivity contribution in [3.05, 3.63) is 39.4 Å². The van der Waals surface area contributed by atoms with Gasteiger partial charge in [-0.15, -0.1) is 11.8 Å². The van der Waals surface area contributed by atoms with Crippen LogP contribution in [0.5, 0.6) is 0 Å². The minimum Gasteiger partial charge on any atom is -0.392 e. The van der Waals surface area contributed by atoms with E-state index in [4.69, 9.17) is 23.2 Å². The van der Waals surface area contributed by atoms with Crippen LogP contribution < -0.4 is 0 Å². The fraction of sp³-hybridized carbons (Fsp3) is 0.438. The zero-order chi connectivity index (χ0) is 15.1. The van der Waals surface area contributed by atoms with Crippen LogP contribution in [0.3, 0.4) is 0 Å². The first kappa shape index (κ1) is 15.4. The van der Waals surface area contributed by atoms with Crippen LogP contribution in [0.4, 0.5) is 0 Å². The molecule has 0 aromatic heterocycles. The van der Waals surface area contributed by atoms with Crippen LogP contribution in [0.2, 0.25) is 10.0 Å². The van der Waals surface area contributed by atoms with Crippen LogP contribution in [-0.2, 0) is 4.79 Å². The summed E-state index contributed by atoms with van der Waals surface area (Å²) in [6.07, 6.45) is 1.58. The molecule has 2 aliphatic heterocycles. The van der Waals surface area contributed by atoms with Crippen LogP contribution >= 0.6 is 35.0 Å². The van der Waals surface area contributed by atoms with Crippen molar-refractivity contribution >= 4 is 46.3 Å². The smallest absolute Gasteiger partial charge is 0.160 e. The molecular formula is C16H16Cl2O2S. The first-order valence-corrected chi connectivity index (χ1v) is 8.76. The Balaban J connectivity index is 2.12. The molecule has 0 radical (unpaired) electrons. The summed E-state index contributed by atoms with van der Waals surface area (Å²) < 4.78 is 0. The van der Waals surface area contributed by atoms with Gasteiger partial charge in [-0.25, -0.2) is 0 Å². The maximum Gasteiger partial charge on any atom is 0.160 e. The third-order valence-electron chi connectivity index (χ3n) is 4.12. The second-order valence-corrected chi connectivity index (χ2v) is 7.74. The molecule has 21 heavy (non-hydrogen) atoms. The van der Waals surface area contributed by atoms with Crippen molar-refractivity contribution in [2.24, 2.45) is 0 Å². The van der Waals surface area contributed by atoms with E-state index in [-0.39, 0.29) is 11.0 Å². The first-order valence-electron chi connectivity index (χ1n) is 7.06. The highest BCUT2D eigenvalue weighted by Gasteiger charge is 2.43. The Bertz CT molecular complexity index is 627. The average molecular weight is 343 g/mol. The van der Waals surface area contributed by atoms with E-state index in [2.05, 4.69) is 0 Å². The average Bonchev–Trinajstić information content (AvgIpc) is 2.76. The van der Waals surface area contributed by atoms with E-state index in [1.807, 2.05) is 19.1 Å². The molecule has 1 aromatic rings. The lowest BCUT2D eigenvalue weighted by atomic mass is 9.91. The second-order valence-electron chi connectivity index (χ2n) is 5.48. The molecule has 3 atom stereocenters. The number of halogens is 2. The predicted molar refractivity (Wildman–Crippen MR) is 89.1 cm³/mol. The molecule has 3 rings (SSSR count). The number of carbonyl (C=O) groups is 1. The Labute approximate surface area is 138 Å². The molecule has 2 heterocycles. The topological polar surface area (TPSA) is 37.3 Å². The molecule has 5 heteroatoms. The highest BCUT2D eigenvalue weighted by Crippen LogP contribution is 2.50. The Morgan fingerprint density at radius 3 is 2.81 bits per heavy atom. The molecule has 2 nitrogen and oxygen atoms in total. The summed E-state index contributed by atoms with van der Waals surface area (Å²) in [6.45, 7) is 1.86. The SMILES string of the molecule is CCC(=O)C1=C(c2ccc(Cl)c(Cl)c2)CC2CC(O)C1S2. The number of thioether (sulfide) groups is 1. The van der Waals surface area contributed by atoms with E-state index in [1.54, 1.807) is 17.8 Å². The number of hydrogen-bond acceptors (Lipinski definition) is 3. The van der Waals surface area contributed by atoms with Crippen molar-refractivity contribution < 1.29 is 9.90 Å². The van der Waals surface area contributed by atoms with Gasteiger partial charge >= 0.3 is 0 Å². The van der Waals surface area contributed by atoms with Gasteiger partial charge in [-0.1, -0.05) is 36.2 Å². The number of carbonyl (C=O) groups excluding carboxylic acids is 1. The Hall–Kier alpha value is -0.480. The molecule has 112 valence electrons. The van der Waals surface area contributed by atoms with Crippen LogP contribution in [-0.4, -0.2) is 27.5 Å². The number of aliphatic hydroxyl groups is 1. The summed E-state index contributed by atoms with van der Waals surface area (Å²) in [6, 6.07) is 5.50. The minimum absolute atomic E-state index is 0.0966. The number of hydrogen-bond donors (Lipinski definition) is 1. The van der Waals surface area contributed by atoms with Gasteiger partial charge in [-0.05, 0) is 36.1 Å². The fourth-order valence-corrected chi connectivity index (χ4v) is 5.11. The number of aliphatic hydroxyl groups excluding tert-OH is 1. The van der Waals surface area contributed by atoms with Crippen LogP contribution in [0.1, 0.15) is 31.7 Å². The second kappa shape index (κ2) is 5.96. The van der Waals surface area contributed by atoms with Crippen molar-refractivity contribution in [3.63, 3.8) is 0 Å². The van der Waals surface area contributed by atoms with Gasteiger partial charge in [0.15, 0.2) is 5.78 Å². The maximum atomic E-state index is 12.4. The van der Waals surface area contributed by atoms with E-state index in [0.717, 1.165) is 29.6 Å². The summed E-state index contributed by atoms with van der Waals surface area (Å²) in [5, 5.41) is 11.5. The van der Waals surface area contributed by atoms with Gasteiger partial charge in [0.1, 0.15) is 0 Å². The molecule has 1 N–H and O–H groups in total. The zero-order valence-electron chi connectivity index (χ0n) is 11.6. The van der Waals surface area contributed by atoms with E-state index in [1.165, 1.54) is 0 Å². The highest BCUT2D eigenvalue weighted by atomic mass is 35.5. The quantitative estimate of drug-likeness (QED) is 0.886. The van der Waals surface area contributed by atoms with Crippen LogP contribution in [0.15, 0.2) is 23.8 Å². The van der Waals surface area contributed by atoms with Gasteiger partial charge in [0.2, 0.25) is 0 Å². The normalized spacial score (nSPS) is 28.1. The molecular weight excluding hydrogens is 327 g/mol. The molecule has 3 unspecified atom stereocenters. The third-order valence-corrected chi connectivity index (χ3v) is 6.45. The molecule has 1 fully saturated rings. The largest absolute Gasteiger partial charge is 0.392 e. The van der Waals surface area contributed by atoms with Crippen molar-refractivity contribution in [2.75, 3.05) is 0 Å². The number of ketones is 1. The van der Waals surface area contributed by atoms with Crippen LogP contribution in [0, 0.1) is 0 Å². The van der Waals surface area contributed by atoms with Crippen molar-refractivity contribution in [2.45, 2.75) is 42.8 Å². The third kappa shape index (κ3) is 2.77. The molecule has 0 spiro atoms. The van der Waals surface area contributed by atoms with Gasteiger partial charge < -0.3 is 5.11 Å². The number of allylic oxidation sites excluding steroid dienone is 1. The first-order chi connectivity index (χ1) is 10.0. The van der Waals surface area contributed by atoms with E-state index < -0.39 is 6.10 Å². The highest BCUT2D eigenvalue weighted by molar-refractivity contribution is 8.01. The monoisotopic (exact) mass is 342 g/mol. The summed E-state index contributed by atoms with van der Waals surface area (Å²) in [5.41, 5.74) is 2.76. The number of Topliss-reactive ketones (excluding diaryl/α,β-unsaturated/α-hetero) is 1. The minimum atomic E-state index is -0.425. The van der Waals surface area contributed by atoms with Gasteiger partial charge in [-0.2, -0.15) is 0 Å². The molecule has 0 aliphatic carbocycles. The maximum absolute atomic E-state index is 12.4. The Kier molecular flexibility index (Phi) is 4.37. The van der Waals surface area contributed by atoms with Gasteiger partial charge in [0, 0.05) is 17.2 Å². The van der Waals surface area contributed by atoms with E-state index in [0.29, 0.717) is 21.7 Å². The van der Waals surface area contributed by atoms with E-state index >= 15 is 0 Å². The summed E-state index contributed by atoms with van der Waals surface area (Å²) in [4.78, 5) is 12.4. The van der Waals surface area contributed by atoms with E-state index in [9.17, 15) is 9.90 Å². The van der Waals surface area contributed by atoms with Crippen molar-refractivity contribution in [1.29, 1.82) is 0 Å². The van der Waals surface area contributed by atoms with Gasteiger partial charge in [0.25, 0.3) is 0 Å². The van der Waals surface area contributed by atoms with Gasteiger partial charge in [0.05, 0.1) is 21.4 Å².